The number of allylic oxidation sites excluding steroid dienone is 1. The topological polar surface area (TPSA) is 9.23 Å². The number of ether oxygens (including phenoxy) is 1. The summed E-state index contributed by atoms with van der Waals surface area (Å²) in [5.74, 6) is 2.59. The molecule has 0 heterocycles. The van der Waals surface area contributed by atoms with Crippen molar-refractivity contribution in [2.45, 2.75) is 19.8 Å². The SMILES string of the molecule is C#CCC/C(C)=C/COC. The van der Waals surface area contributed by atoms with Crippen molar-refractivity contribution in [2.75, 3.05) is 13.7 Å². The van der Waals surface area contributed by atoms with Gasteiger partial charge in [0.05, 0.1) is 6.61 Å². The van der Waals surface area contributed by atoms with Crippen molar-refractivity contribution in [2.24, 2.45) is 0 Å². The Morgan fingerprint density at radius 2 is 2.40 bits per heavy atom. The Hall–Kier alpha value is -0.740. The lowest BCUT2D eigenvalue weighted by atomic mass is 10.1. The molecule has 0 saturated carbocycles. The van der Waals surface area contributed by atoms with Gasteiger partial charge in [0, 0.05) is 13.5 Å². The van der Waals surface area contributed by atoms with E-state index in [1.54, 1.807) is 7.11 Å². The maximum absolute atomic E-state index is 5.10. The molecule has 0 bridgehead atoms. The van der Waals surface area contributed by atoms with Crippen molar-refractivity contribution < 1.29 is 4.74 Å². The minimum atomic E-state index is 0.691. The van der Waals surface area contributed by atoms with E-state index in [-0.39, 0.29) is 0 Å². The molecule has 0 atom stereocenters. The summed E-state index contributed by atoms with van der Waals surface area (Å²) in [6.45, 7) is 2.76. The summed E-state index contributed by atoms with van der Waals surface area (Å²) >= 11 is 0. The minimum Gasteiger partial charge on any atom is -0.381 e. The number of hydrogen-bond acceptors (Lipinski definition) is 1. The number of terminal acetylenes is 1. The molecule has 0 amide bonds. The maximum atomic E-state index is 5.10. The molecule has 0 radical (unpaired) electrons. The van der Waals surface area contributed by atoms with Crippen LogP contribution in [-0.4, -0.2) is 13.7 Å². The van der Waals surface area contributed by atoms with E-state index >= 15 is 0 Å². The summed E-state index contributed by atoms with van der Waals surface area (Å²) in [6, 6.07) is 0. The molecule has 1 heteroatoms. The predicted molar refractivity (Wildman–Crippen MR) is 43.7 cm³/mol. The van der Waals surface area contributed by atoms with Gasteiger partial charge in [0.2, 0.25) is 0 Å². The average Bonchev–Trinajstić information content (AvgIpc) is 1.97. The Labute approximate surface area is 63.1 Å². The van der Waals surface area contributed by atoms with Crippen molar-refractivity contribution in [3.8, 4) is 12.3 Å². The molecule has 0 aliphatic carbocycles. The highest BCUT2D eigenvalue weighted by Crippen LogP contribution is 2.01. The zero-order valence-corrected chi connectivity index (χ0v) is 6.68. The highest BCUT2D eigenvalue weighted by atomic mass is 16.5. The Balaban J connectivity index is 3.41. The molecule has 0 rings (SSSR count). The summed E-state index contributed by atoms with van der Waals surface area (Å²) in [6.07, 6.45) is 8.96. The second-order valence-corrected chi connectivity index (χ2v) is 2.21. The highest BCUT2D eigenvalue weighted by Gasteiger charge is 1.85. The molecule has 0 unspecified atom stereocenters. The molecule has 0 fully saturated rings. The summed E-state index contributed by atoms with van der Waals surface area (Å²) in [5, 5.41) is 0. The van der Waals surface area contributed by atoms with E-state index in [0.717, 1.165) is 12.8 Å². The number of methoxy groups -OCH3 is 1. The van der Waals surface area contributed by atoms with Crippen LogP contribution in [0.3, 0.4) is 0 Å². The van der Waals surface area contributed by atoms with Crippen LogP contribution >= 0.6 is 0 Å². The predicted octanol–water partition coefficient (Wildman–Crippen LogP) is 1.99. The molecular formula is C9H14O. The van der Waals surface area contributed by atoms with Crippen LogP contribution in [0.25, 0.3) is 0 Å². The monoisotopic (exact) mass is 138 g/mol. The van der Waals surface area contributed by atoms with E-state index in [4.69, 9.17) is 11.2 Å². The first-order valence-electron chi connectivity index (χ1n) is 3.39. The minimum absolute atomic E-state index is 0.691. The summed E-state index contributed by atoms with van der Waals surface area (Å²) < 4.78 is 4.86. The summed E-state index contributed by atoms with van der Waals surface area (Å²) in [5.41, 5.74) is 1.31. The maximum Gasteiger partial charge on any atom is 0.0646 e. The molecule has 0 aromatic heterocycles. The van der Waals surface area contributed by atoms with Crippen LogP contribution in [0, 0.1) is 12.3 Å². The fraction of sp³-hybridized carbons (Fsp3) is 0.556. The van der Waals surface area contributed by atoms with Gasteiger partial charge in [-0.2, -0.15) is 0 Å². The Morgan fingerprint density at radius 3 is 2.90 bits per heavy atom. The number of rotatable bonds is 4. The molecule has 10 heavy (non-hydrogen) atoms. The highest BCUT2D eigenvalue weighted by molar-refractivity contribution is 5.01. The fourth-order valence-corrected chi connectivity index (χ4v) is 0.597. The lowest BCUT2D eigenvalue weighted by Gasteiger charge is -1.95. The van der Waals surface area contributed by atoms with Gasteiger partial charge in [-0.05, 0) is 13.3 Å². The van der Waals surface area contributed by atoms with Crippen LogP contribution in [-0.2, 0) is 4.74 Å². The molecule has 0 spiro atoms. The van der Waals surface area contributed by atoms with Gasteiger partial charge < -0.3 is 4.74 Å². The van der Waals surface area contributed by atoms with Crippen LogP contribution < -0.4 is 0 Å². The second kappa shape index (κ2) is 6.38. The average molecular weight is 138 g/mol. The first-order valence-corrected chi connectivity index (χ1v) is 3.39. The Morgan fingerprint density at radius 1 is 1.70 bits per heavy atom. The standard InChI is InChI=1S/C9H14O/c1-4-5-6-9(2)7-8-10-3/h1,7H,5-6,8H2,2-3H3/b9-7+. The third kappa shape index (κ3) is 5.40. The van der Waals surface area contributed by atoms with Crippen LogP contribution in [0.5, 0.6) is 0 Å². The Bertz CT molecular complexity index is 139. The van der Waals surface area contributed by atoms with E-state index < -0.39 is 0 Å². The van der Waals surface area contributed by atoms with Gasteiger partial charge in [-0.25, -0.2) is 0 Å². The molecule has 56 valence electrons. The first kappa shape index (κ1) is 9.26. The van der Waals surface area contributed by atoms with E-state index in [1.807, 2.05) is 0 Å². The lowest BCUT2D eigenvalue weighted by molar-refractivity contribution is 0.233. The van der Waals surface area contributed by atoms with Crippen LogP contribution in [0.1, 0.15) is 19.8 Å². The van der Waals surface area contributed by atoms with Crippen LogP contribution in [0.15, 0.2) is 11.6 Å². The molecule has 0 N–H and O–H groups in total. The molecule has 0 aromatic rings. The zero-order valence-electron chi connectivity index (χ0n) is 6.68. The van der Waals surface area contributed by atoms with Gasteiger partial charge in [0.25, 0.3) is 0 Å². The van der Waals surface area contributed by atoms with Crippen molar-refractivity contribution in [3.05, 3.63) is 11.6 Å². The smallest absolute Gasteiger partial charge is 0.0646 e. The van der Waals surface area contributed by atoms with E-state index in [9.17, 15) is 0 Å². The first-order chi connectivity index (χ1) is 4.81. The van der Waals surface area contributed by atoms with Gasteiger partial charge in [0.1, 0.15) is 0 Å². The van der Waals surface area contributed by atoms with E-state index in [1.165, 1.54) is 5.57 Å². The third-order valence-electron chi connectivity index (χ3n) is 1.26. The molecule has 1 nitrogen and oxygen atoms in total. The molecule has 0 aliphatic rings. The van der Waals surface area contributed by atoms with Crippen molar-refractivity contribution >= 4 is 0 Å². The normalized spacial score (nSPS) is 11.1. The van der Waals surface area contributed by atoms with E-state index in [0.29, 0.717) is 6.61 Å². The summed E-state index contributed by atoms with van der Waals surface area (Å²) in [7, 11) is 1.69. The lowest BCUT2D eigenvalue weighted by Crippen LogP contribution is -1.84. The molecule has 0 saturated heterocycles. The fourth-order valence-electron chi connectivity index (χ4n) is 0.597. The summed E-state index contributed by atoms with van der Waals surface area (Å²) in [4.78, 5) is 0. The molecule has 0 aliphatic heterocycles. The van der Waals surface area contributed by atoms with Gasteiger partial charge in [-0.1, -0.05) is 11.6 Å². The van der Waals surface area contributed by atoms with Crippen molar-refractivity contribution in [1.29, 1.82) is 0 Å². The van der Waals surface area contributed by atoms with Crippen LogP contribution in [0.4, 0.5) is 0 Å². The largest absolute Gasteiger partial charge is 0.381 e. The number of hydrogen-bond donors (Lipinski definition) is 0. The van der Waals surface area contributed by atoms with Gasteiger partial charge >= 0.3 is 0 Å². The van der Waals surface area contributed by atoms with Gasteiger partial charge in [-0.3, -0.25) is 0 Å². The van der Waals surface area contributed by atoms with Crippen LogP contribution in [0.2, 0.25) is 0 Å². The molecular weight excluding hydrogens is 124 g/mol. The van der Waals surface area contributed by atoms with Crippen molar-refractivity contribution in [1.82, 2.24) is 0 Å². The third-order valence-corrected chi connectivity index (χ3v) is 1.26. The molecule has 0 aromatic carbocycles. The van der Waals surface area contributed by atoms with Gasteiger partial charge in [0.15, 0.2) is 0 Å². The van der Waals surface area contributed by atoms with Gasteiger partial charge in [-0.15, -0.1) is 12.3 Å². The van der Waals surface area contributed by atoms with E-state index in [2.05, 4.69) is 18.9 Å². The quantitative estimate of drug-likeness (QED) is 0.426. The Kier molecular flexibility index (Phi) is 5.91. The second-order valence-electron chi connectivity index (χ2n) is 2.21. The van der Waals surface area contributed by atoms with Crippen molar-refractivity contribution in [3.63, 3.8) is 0 Å². The zero-order chi connectivity index (χ0) is 7.82.